The van der Waals surface area contributed by atoms with Crippen LogP contribution in [0.15, 0.2) is 66.9 Å². The zero-order valence-corrected chi connectivity index (χ0v) is 25.8. The Bertz CT molecular complexity index is 1830. The molecule has 3 heterocycles. The van der Waals surface area contributed by atoms with E-state index < -0.39 is 11.5 Å². The molecule has 2 fully saturated rings. The van der Waals surface area contributed by atoms with Gasteiger partial charge in [-0.1, -0.05) is 50.3 Å². The molecule has 0 saturated heterocycles. The maximum atomic E-state index is 13.9. The van der Waals surface area contributed by atoms with Gasteiger partial charge < -0.3 is 25.0 Å². The van der Waals surface area contributed by atoms with Gasteiger partial charge >= 0.3 is 5.97 Å². The van der Waals surface area contributed by atoms with Gasteiger partial charge in [-0.15, -0.1) is 0 Å². The van der Waals surface area contributed by atoms with Crippen molar-refractivity contribution in [3.8, 4) is 17.1 Å². The molecule has 0 bridgehead atoms. The molecule has 2 aromatic carbocycles. The fraction of sp³-hybridized carbons (Fsp3) is 0.351. The molecule has 2 aromatic heterocycles. The summed E-state index contributed by atoms with van der Waals surface area (Å²) in [5.41, 5.74) is 5.05. The highest BCUT2D eigenvalue weighted by Gasteiger charge is 2.43. The van der Waals surface area contributed by atoms with Crippen LogP contribution >= 0.6 is 0 Å². The first-order valence-electron chi connectivity index (χ1n) is 16.3. The molecule has 9 nitrogen and oxygen atoms in total. The first-order valence-corrected chi connectivity index (χ1v) is 16.3. The standard InChI is InChI=1S/C37H38N4O5/c42-31(43)17-12-24-10-14-27(15-11-24)39-36(45)37(18-4-5-19-37)40-35(44)26-13-16-28-29(23-26)41-21-22-46-30-9-6-20-38-33(30)34(41)32(28)25-7-2-1-3-8-25/h6,9-17,20,23,25H,1-5,7-8,18-19,21-22H2,(H,39,45)(H,40,44)(H,42,43). The number of aliphatic carboxylic acids is 1. The van der Waals surface area contributed by atoms with Gasteiger partial charge in [-0.05, 0) is 85.2 Å². The largest absolute Gasteiger partial charge is 0.489 e. The molecule has 0 atom stereocenters. The Morgan fingerprint density at radius 3 is 2.52 bits per heavy atom. The number of hydrogen-bond donors (Lipinski definition) is 3. The van der Waals surface area contributed by atoms with E-state index in [1.807, 2.05) is 30.5 Å². The number of carbonyl (C=O) groups is 3. The van der Waals surface area contributed by atoms with Crippen LogP contribution in [0.1, 0.15) is 85.2 Å². The molecule has 236 valence electrons. The highest BCUT2D eigenvalue weighted by Crippen LogP contribution is 2.46. The quantitative estimate of drug-likeness (QED) is 0.193. The van der Waals surface area contributed by atoms with E-state index in [2.05, 4.69) is 21.3 Å². The van der Waals surface area contributed by atoms with Gasteiger partial charge in [-0.3, -0.25) is 14.6 Å². The van der Waals surface area contributed by atoms with Crippen LogP contribution in [0.5, 0.6) is 5.75 Å². The molecule has 2 amide bonds. The van der Waals surface area contributed by atoms with Crippen molar-refractivity contribution in [3.63, 3.8) is 0 Å². The molecule has 2 saturated carbocycles. The van der Waals surface area contributed by atoms with Gasteiger partial charge in [0.25, 0.3) is 5.91 Å². The number of carboxylic acids is 1. The Balaban J connectivity index is 1.19. The minimum absolute atomic E-state index is 0.246. The third kappa shape index (κ3) is 5.66. The van der Waals surface area contributed by atoms with E-state index in [4.69, 9.17) is 14.8 Å². The average Bonchev–Trinajstić information content (AvgIpc) is 3.62. The summed E-state index contributed by atoms with van der Waals surface area (Å²) < 4.78 is 8.41. The number of benzene rings is 2. The zero-order valence-electron chi connectivity index (χ0n) is 25.8. The summed E-state index contributed by atoms with van der Waals surface area (Å²) in [7, 11) is 0. The van der Waals surface area contributed by atoms with E-state index >= 15 is 0 Å². The van der Waals surface area contributed by atoms with Crippen LogP contribution < -0.4 is 15.4 Å². The minimum atomic E-state index is -1.02. The molecule has 7 rings (SSSR count). The number of anilines is 1. The summed E-state index contributed by atoms with van der Waals surface area (Å²) in [6.07, 6.45) is 13.1. The number of aromatic nitrogens is 2. The summed E-state index contributed by atoms with van der Waals surface area (Å²) in [6.45, 7) is 1.16. The number of fused-ring (bicyclic) bond motifs is 5. The highest BCUT2D eigenvalue weighted by atomic mass is 16.5. The topological polar surface area (TPSA) is 123 Å². The number of hydrogen-bond acceptors (Lipinski definition) is 5. The van der Waals surface area contributed by atoms with Crippen LogP contribution in [0.25, 0.3) is 28.4 Å². The molecular formula is C37H38N4O5. The van der Waals surface area contributed by atoms with Gasteiger partial charge in [0.1, 0.15) is 23.6 Å². The zero-order chi connectivity index (χ0) is 31.7. The first-order chi connectivity index (χ1) is 22.4. The second-order valence-corrected chi connectivity index (χ2v) is 12.7. The van der Waals surface area contributed by atoms with Crippen molar-refractivity contribution in [1.29, 1.82) is 0 Å². The monoisotopic (exact) mass is 618 g/mol. The average molecular weight is 619 g/mol. The minimum Gasteiger partial charge on any atom is -0.489 e. The number of amides is 2. The second-order valence-electron chi connectivity index (χ2n) is 12.7. The van der Waals surface area contributed by atoms with Gasteiger partial charge in [-0.2, -0.15) is 0 Å². The van der Waals surface area contributed by atoms with Crippen molar-refractivity contribution >= 4 is 40.4 Å². The Morgan fingerprint density at radius 2 is 1.76 bits per heavy atom. The summed E-state index contributed by atoms with van der Waals surface area (Å²) in [6, 6.07) is 16.8. The van der Waals surface area contributed by atoms with E-state index in [9.17, 15) is 14.4 Å². The van der Waals surface area contributed by atoms with Crippen molar-refractivity contribution in [2.75, 3.05) is 11.9 Å². The summed E-state index contributed by atoms with van der Waals surface area (Å²) in [5, 5.41) is 16.2. The van der Waals surface area contributed by atoms with Crippen LogP contribution in [0.3, 0.4) is 0 Å². The lowest BCUT2D eigenvalue weighted by atomic mass is 9.82. The lowest BCUT2D eigenvalue weighted by Gasteiger charge is -2.29. The predicted molar refractivity (Wildman–Crippen MR) is 177 cm³/mol. The molecule has 2 aliphatic carbocycles. The number of nitrogens with zero attached hydrogens (tertiary/aromatic N) is 2. The molecule has 3 N–H and O–H groups in total. The number of carbonyl (C=O) groups excluding carboxylic acids is 2. The fourth-order valence-electron chi connectivity index (χ4n) is 7.51. The van der Waals surface area contributed by atoms with E-state index in [0.29, 0.717) is 48.7 Å². The Hall–Kier alpha value is -4.92. The maximum absolute atomic E-state index is 13.9. The fourth-order valence-corrected chi connectivity index (χ4v) is 7.51. The molecular weight excluding hydrogens is 580 g/mol. The van der Waals surface area contributed by atoms with Gasteiger partial charge in [0.05, 0.1) is 12.2 Å². The summed E-state index contributed by atoms with van der Waals surface area (Å²) in [4.78, 5) is 43.2. The SMILES string of the molecule is O=C(O)C=Cc1ccc(NC(=O)C2(NC(=O)c3ccc4c(C5CCCCC5)c5n(c4c3)CCOc3cccnc3-5)CCCC2)cc1. The highest BCUT2D eigenvalue weighted by molar-refractivity contribution is 6.06. The van der Waals surface area contributed by atoms with E-state index in [0.717, 1.165) is 59.8 Å². The molecule has 1 aliphatic heterocycles. The number of ether oxygens (including phenoxy) is 1. The number of rotatable bonds is 7. The van der Waals surface area contributed by atoms with Gasteiger partial charge in [-0.25, -0.2) is 4.79 Å². The van der Waals surface area contributed by atoms with Gasteiger partial charge in [0.15, 0.2) is 0 Å². The van der Waals surface area contributed by atoms with Crippen molar-refractivity contribution < 1.29 is 24.2 Å². The van der Waals surface area contributed by atoms with Crippen molar-refractivity contribution in [2.45, 2.75) is 75.8 Å². The van der Waals surface area contributed by atoms with Gasteiger partial charge in [0.2, 0.25) is 5.91 Å². The molecule has 0 unspecified atom stereocenters. The first kappa shape index (κ1) is 29.8. The molecule has 3 aliphatic rings. The van der Waals surface area contributed by atoms with Crippen molar-refractivity contribution in [2.24, 2.45) is 0 Å². The normalized spacial score (nSPS) is 17.6. The molecule has 0 spiro atoms. The molecule has 4 aromatic rings. The van der Waals surface area contributed by atoms with E-state index in [-0.39, 0.29) is 11.8 Å². The Morgan fingerprint density at radius 1 is 0.978 bits per heavy atom. The second kappa shape index (κ2) is 12.5. The Labute approximate surface area is 267 Å². The van der Waals surface area contributed by atoms with Crippen molar-refractivity contribution in [3.05, 3.63) is 83.6 Å². The number of carboxylic acid groups (broad SMARTS) is 1. The molecule has 0 radical (unpaired) electrons. The van der Waals surface area contributed by atoms with Crippen LogP contribution in [-0.2, 0) is 16.1 Å². The van der Waals surface area contributed by atoms with E-state index in [1.165, 1.54) is 30.9 Å². The Kier molecular flexibility index (Phi) is 8.07. The van der Waals surface area contributed by atoms with E-state index in [1.54, 1.807) is 24.3 Å². The lowest BCUT2D eigenvalue weighted by molar-refractivity contribution is -0.131. The van der Waals surface area contributed by atoms with Crippen molar-refractivity contribution in [1.82, 2.24) is 14.9 Å². The third-order valence-electron chi connectivity index (χ3n) is 9.78. The molecule has 46 heavy (non-hydrogen) atoms. The predicted octanol–water partition coefficient (Wildman–Crippen LogP) is 6.92. The number of nitrogens with one attached hydrogen (secondary N) is 2. The van der Waals surface area contributed by atoms with Crippen LogP contribution in [-0.4, -0.2) is 44.6 Å². The number of pyridine rings is 1. The summed E-state index contributed by atoms with van der Waals surface area (Å²) >= 11 is 0. The smallest absolute Gasteiger partial charge is 0.328 e. The van der Waals surface area contributed by atoms with Crippen LogP contribution in [0.2, 0.25) is 0 Å². The lowest BCUT2D eigenvalue weighted by Crippen LogP contribution is -2.55. The third-order valence-corrected chi connectivity index (χ3v) is 9.78. The van der Waals surface area contributed by atoms with Crippen LogP contribution in [0, 0.1) is 0 Å². The molecule has 9 heteroatoms. The van der Waals surface area contributed by atoms with Gasteiger partial charge in [0, 0.05) is 34.4 Å². The van der Waals surface area contributed by atoms with Crippen LogP contribution in [0.4, 0.5) is 5.69 Å². The maximum Gasteiger partial charge on any atom is 0.328 e. The summed E-state index contributed by atoms with van der Waals surface area (Å²) in [5.74, 6) is -0.327.